The molecule has 2 rings (SSSR count). The molecule has 0 saturated heterocycles. The van der Waals surface area contributed by atoms with Crippen LogP contribution < -0.4 is 0 Å². The van der Waals surface area contributed by atoms with Gasteiger partial charge in [-0.05, 0) is 38.3 Å². The molecule has 174 valence electrons. The fourth-order valence-electron chi connectivity index (χ4n) is 4.97. The van der Waals surface area contributed by atoms with E-state index in [9.17, 15) is 0 Å². The van der Waals surface area contributed by atoms with Gasteiger partial charge in [0.25, 0.3) is 0 Å². The second-order valence-electron chi connectivity index (χ2n) is 13.0. The van der Waals surface area contributed by atoms with Gasteiger partial charge in [-0.2, -0.15) is 0 Å². The first-order chi connectivity index (χ1) is 13.9. The molecule has 0 bridgehead atoms. The summed E-state index contributed by atoms with van der Waals surface area (Å²) in [6.07, 6.45) is 11.2. The van der Waals surface area contributed by atoms with Crippen molar-refractivity contribution in [1.29, 1.82) is 0 Å². The molecule has 1 heterocycles. The molecule has 1 aromatic rings. The van der Waals surface area contributed by atoms with Crippen LogP contribution in [0.4, 0.5) is 0 Å². The maximum absolute atomic E-state index is 5.32. The summed E-state index contributed by atoms with van der Waals surface area (Å²) >= 11 is 0. The van der Waals surface area contributed by atoms with Gasteiger partial charge in [-0.1, -0.05) is 123 Å². The Morgan fingerprint density at radius 3 is 1.23 bits per heavy atom. The Morgan fingerprint density at radius 1 is 0.613 bits per heavy atom. The molecule has 1 aliphatic rings. The largest absolute Gasteiger partial charge is 0.257 e. The van der Waals surface area contributed by atoms with E-state index >= 15 is 0 Å². The number of pyridine rings is 1. The number of allylic oxidation sites excluding steroid dienone is 4. The molecule has 0 fully saturated rings. The fraction of sp³-hybridized carbons (Fsp3) is 0.679. The van der Waals surface area contributed by atoms with E-state index in [1.54, 1.807) is 0 Å². The maximum Gasteiger partial charge on any atom is 0.0453 e. The molecule has 1 nitrogen and oxygen atoms in total. The van der Waals surface area contributed by atoms with E-state index in [0.717, 1.165) is 12.3 Å². The Kier molecular flexibility index (Phi) is 8.10. The predicted molar refractivity (Wildman–Crippen MR) is 146 cm³/mol. The predicted octanol–water partition coefficient (Wildman–Crippen LogP) is 9.45. The standard InChI is InChI=1S/C28H47NP2/c1-25(2,3)30(26(4,5)6)19-23-17-22(21-15-13-14-16-21)18-24(29-23)20-31(27(7,8)9)28(10,11)12/h13-18,21H,19-20H2,1-12H3. The van der Waals surface area contributed by atoms with Gasteiger partial charge < -0.3 is 0 Å². The van der Waals surface area contributed by atoms with E-state index in [1.165, 1.54) is 17.0 Å². The Bertz CT molecular complexity index is 715. The van der Waals surface area contributed by atoms with Crippen LogP contribution in [-0.2, 0) is 12.3 Å². The summed E-state index contributed by atoms with van der Waals surface area (Å²) in [6.45, 7) is 28.9. The van der Waals surface area contributed by atoms with E-state index in [1.807, 2.05) is 0 Å². The summed E-state index contributed by atoms with van der Waals surface area (Å²) in [6, 6.07) is 4.80. The minimum absolute atomic E-state index is 0.215. The van der Waals surface area contributed by atoms with Crippen LogP contribution in [0.5, 0.6) is 0 Å². The van der Waals surface area contributed by atoms with Crippen LogP contribution in [0.1, 0.15) is 106 Å². The van der Waals surface area contributed by atoms with E-state index in [4.69, 9.17) is 4.98 Å². The molecular formula is C28H47NP2. The molecule has 0 aromatic carbocycles. The lowest BCUT2D eigenvalue weighted by molar-refractivity contribution is 0.699. The van der Waals surface area contributed by atoms with Gasteiger partial charge >= 0.3 is 0 Å². The van der Waals surface area contributed by atoms with Crippen LogP contribution in [-0.4, -0.2) is 25.6 Å². The highest BCUT2D eigenvalue weighted by Crippen LogP contribution is 2.62. The van der Waals surface area contributed by atoms with Gasteiger partial charge in [0.05, 0.1) is 0 Å². The van der Waals surface area contributed by atoms with Crippen LogP contribution in [0, 0.1) is 0 Å². The van der Waals surface area contributed by atoms with Gasteiger partial charge in [0, 0.05) is 29.6 Å². The van der Waals surface area contributed by atoms with Crippen LogP contribution in [0.3, 0.4) is 0 Å². The lowest BCUT2D eigenvalue weighted by atomic mass is 10.0. The van der Waals surface area contributed by atoms with Crippen molar-refractivity contribution in [2.45, 2.75) is 122 Å². The topological polar surface area (TPSA) is 12.9 Å². The van der Waals surface area contributed by atoms with E-state index < -0.39 is 0 Å². The highest BCUT2D eigenvalue weighted by molar-refractivity contribution is 7.60. The third-order valence-electron chi connectivity index (χ3n) is 5.97. The van der Waals surface area contributed by atoms with Crippen molar-refractivity contribution in [3.63, 3.8) is 0 Å². The van der Waals surface area contributed by atoms with Gasteiger partial charge in [-0.3, -0.25) is 4.98 Å². The lowest BCUT2D eigenvalue weighted by Crippen LogP contribution is -2.27. The Hall–Kier alpha value is -0.510. The summed E-state index contributed by atoms with van der Waals surface area (Å²) in [7, 11) is -0.429. The van der Waals surface area contributed by atoms with Gasteiger partial charge in [0.1, 0.15) is 0 Å². The molecule has 0 atom stereocenters. The molecule has 1 aliphatic carbocycles. The summed E-state index contributed by atoms with van der Waals surface area (Å²) in [5.41, 5.74) is 4.02. The van der Waals surface area contributed by atoms with Gasteiger partial charge in [-0.25, -0.2) is 0 Å². The normalized spacial score (nSPS) is 16.2. The number of hydrogen-bond donors (Lipinski definition) is 0. The van der Waals surface area contributed by atoms with Crippen molar-refractivity contribution in [2.75, 3.05) is 0 Å². The van der Waals surface area contributed by atoms with Crippen molar-refractivity contribution in [3.05, 3.63) is 53.4 Å². The first kappa shape index (κ1) is 26.7. The molecule has 0 N–H and O–H groups in total. The minimum Gasteiger partial charge on any atom is -0.257 e. The van der Waals surface area contributed by atoms with Gasteiger partial charge in [-0.15, -0.1) is 0 Å². The first-order valence-electron chi connectivity index (χ1n) is 11.8. The monoisotopic (exact) mass is 459 g/mol. The van der Waals surface area contributed by atoms with E-state index in [0.29, 0.717) is 26.5 Å². The van der Waals surface area contributed by atoms with Crippen molar-refractivity contribution in [1.82, 2.24) is 4.98 Å². The second-order valence-corrected chi connectivity index (χ2v) is 20.7. The molecule has 0 aliphatic heterocycles. The van der Waals surface area contributed by atoms with Crippen molar-refractivity contribution in [3.8, 4) is 0 Å². The molecule has 0 saturated carbocycles. The smallest absolute Gasteiger partial charge is 0.0453 e. The first-order valence-corrected chi connectivity index (χ1v) is 14.8. The summed E-state index contributed by atoms with van der Waals surface area (Å²) in [5, 5.41) is 1.23. The Balaban J connectivity index is 2.51. The highest BCUT2D eigenvalue weighted by Gasteiger charge is 2.36. The zero-order chi connectivity index (χ0) is 23.8. The number of rotatable bonds is 5. The van der Waals surface area contributed by atoms with Crippen LogP contribution in [0.15, 0.2) is 36.4 Å². The van der Waals surface area contributed by atoms with Gasteiger partial charge in [0.15, 0.2) is 0 Å². The molecule has 0 amide bonds. The third-order valence-corrected chi connectivity index (χ3v) is 13.7. The third kappa shape index (κ3) is 7.51. The van der Waals surface area contributed by atoms with Crippen LogP contribution in [0.2, 0.25) is 0 Å². The molecule has 31 heavy (non-hydrogen) atoms. The molecule has 1 aromatic heterocycles. The molecule has 0 spiro atoms. The van der Waals surface area contributed by atoms with Gasteiger partial charge in [0.2, 0.25) is 0 Å². The van der Waals surface area contributed by atoms with Crippen molar-refractivity contribution >= 4 is 15.8 Å². The number of hydrogen-bond acceptors (Lipinski definition) is 1. The average molecular weight is 460 g/mol. The average Bonchev–Trinajstić information content (AvgIpc) is 3.08. The van der Waals surface area contributed by atoms with Crippen molar-refractivity contribution < 1.29 is 0 Å². The zero-order valence-corrected chi connectivity index (χ0v) is 24.1. The number of nitrogens with zero attached hydrogens (tertiary/aromatic N) is 1. The van der Waals surface area contributed by atoms with Crippen LogP contribution >= 0.6 is 15.8 Å². The summed E-state index contributed by atoms with van der Waals surface area (Å²) in [4.78, 5) is 5.32. The van der Waals surface area contributed by atoms with Crippen molar-refractivity contribution in [2.24, 2.45) is 0 Å². The molecule has 3 heteroatoms. The summed E-state index contributed by atoms with van der Waals surface area (Å²) < 4.78 is 0. The fourth-order valence-corrected chi connectivity index (χ4v) is 11.9. The minimum atomic E-state index is -0.215. The second kappa shape index (κ2) is 9.39. The zero-order valence-electron chi connectivity index (χ0n) is 22.3. The van der Waals surface area contributed by atoms with E-state index in [-0.39, 0.29) is 15.8 Å². The quantitative estimate of drug-likeness (QED) is 0.400. The molecular weight excluding hydrogens is 412 g/mol. The molecule has 0 unspecified atom stereocenters. The number of aromatic nitrogens is 1. The highest BCUT2D eigenvalue weighted by atomic mass is 31.1. The Labute approximate surface area is 196 Å². The summed E-state index contributed by atoms with van der Waals surface area (Å²) in [5.74, 6) is 0.395. The Morgan fingerprint density at radius 2 is 0.935 bits per heavy atom. The molecule has 0 radical (unpaired) electrons. The van der Waals surface area contributed by atoms with E-state index in [2.05, 4.69) is 120 Å². The SMILES string of the molecule is CC(C)(C)P(Cc1cc(C2C=CC=C2)cc(CP(C(C)(C)C)C(C)(C)C)n1)C(C)(C)C. The van der Waals surface area contributed by atoms with Crippen LogP contribution in [0.25, 0.3) is 0 Å². The lowest BCUT2D eigenvalue weighted by Gasteiger charge is -2.42. The maximum atomic E-state index is 5.32.